The molecule has 1 aromatic heterocycles. The molecule has 32 heavy (non-hydrogen) atoms. The molecular weight excluding hydrogens is 406 g/mol. The van der Waals surface area contributed by atoms with Gasteiger partial charge in [0.1, 0.15) is 17.3 Å². The maximum atomic E-state index is 12.1. The second-order valence-electron chi connectivity index (χ2n) is 8.96. The molecule has 0 radical (unpaired) electrons. The summed E-state index contributed by atoms with van der Waals surface area (Å²) in [6, 6.07) is 7.11. The highest BCUT2D eigenvalue weighted by Crippen LogP contribution is 2.41. The Kier molecular flexibility index (Phi) is 6.69. The normalized spacial score (nSPS) is 18.2. The van der Waals surface area contributed by atoms with Gasteiger partial charge in [0.15, 0.2) is 0 Å². The maximum Gasteiger partial charge on any atom is 0.317 e. The number of phenolic OH excluding ortho intramolecular Hbond substituents is 1. The van der Waals surface area contributed by atoms with Gasteiger partial charge < -0.3 is 31.1 Å². The number of urea groups is 1. The van der Waals surface area contributed by atoms with Crippen molar-refractivity contribution < 1.29 is 14.6 Å². The van der Waals surface area contributed by atoms with Gasteiger partial charge in [0.25, 0.3) is 0 Å². The third-order valence-electron chi connectivity index (χ3n) is 6.18. The van der Waals surface area contributed by atoms with Crippen molar-refractivity contribution in [3.05, 3.63) is 35.4 Å². The Labute approximate surface area is 189 Å². The van der Waals surface area contributed by atoms with Gasteiger partial charge in [0.2, 0.25) is 0 Å². The number of anilines is 1. The molecule has 1 aromatic carbocycles. The van der Waals surface area contributed by atoms with Crippen LogP contribution in [0.3, 0.4) is 0 Å². The number of nitrogen functional groups attached to an aromatic ring is 1. The topological polar surface area (TPSA) is 113 Å². The van der Waals surface area contributed by atoms with E-state index in [0.29, 0.717) is 41.9 Å². The molecule has 2 aromatic rings. The average Bonchev–Trinajstić information content (AvgIpc) is 3.61. The molecule has 2 fully saturated rings. The van der Waals surface area contributed by atoms with Crippen molar-refractivity contribution >= 4 is 11.8 Å². The lowest BCUT2D eigenvalue weighted by atomic mass is 9.87. The SMILES string of the molecule is CN(C)C(=O)NCc1c(C2CCCNC2)cc(-c2c(O)cccc2OCC2CC2)nc1N. The van der Waals surface area contributed by atoms with Crippen LogP contribution in [0.15, 0.2) is 24.3 Å². The third-order valence-corrected chi connectivity index (χ3v) is 6.18. The van der Waals surface area contributed by atoms with Crippen LogP contribution in [-0.2, 0) is 6.54 Å². The molecular formula is C24H33N5O3. The van der Waals surface area contributed by atoms with Crippen molar-refractivity contribution in [2.75, 3.05) is 39.5 Å². The van der Waals surface area contributed by atoms with E-state index >= 15 is 0 Å². The molecule has 8 heteroatoms. The number of hydrogen-bond acceptors (Lipinski definition) is 6. The number of pyridine rings is 1. The maximum absolute atomic E-state index is 12.1. The highest BCUT2D eigenvalue weighted by molar-refractivity contribution is 5.77. The zero-order valence-corrected chi connectivity index (χ0v) is 18.9. The van der Waals surface area contributed by atoms with Gasteiger partial charge in [-0.3, -0.25) is 0 Å². The van der Waals surface area contributed by atoms with Gasteiger partial charge in [-0.05, 0) is 67.8 Å². The number of phenols is 1. The molecule has 1 aliphatic carbocycles. The first-order valence-electron chi connectivity index (χ1n) is 11.3. The van der Waals surface area contributed by atoms with Crippen LogP contribution in [0.4, 0.5) is 10.6 Å². The fraction of sp³-hybridized carbons (Fsp3) is 0.500. The zero-order chi connectivity index (χ0) is 22.7. The Morgan fingerprint density at radius 3 is 2.84 bits per heavy atom. The molecule has 1 saturated carbocycles. The predicted octanol–water partition coefficient (Wildman–Crippen LogP) is 3.06. The van der Waals surface area contributed by atoms with E-state index in [0.717, 1.165) is 37.1 Å². The summed E-state index contributed by atoms with van der Waals surface area (Å²) < 4.78 is 6.04. The summed E-state index contributed by atoms with van der Waals surface area (Å²) in [4.78, 5) is 18.2. The van der Waals surface area contributed by atoms with Gasteiger partial charge in [-0.25, -0.2) is 9.78 Å². The summed E-state index contributed by atoms with van der Waals surface area (Å²) in [6.45, 7) is 2.77. The van der Waals surface area contributed by atoms with E-state index < -0.39 is 0 Å². The van der Waals surface area contributed by atoms with Crippen molar-refractivity contribution in [1.29, 1.82) is 0 Å². The molecule has 172 valence electrons. The highest BCUT2D eigenvalue weighted by Gasteiger charge is 2.26. The molecule has 1 aliphatic heterocycles. The van der Waals surface area contributed by atoms with Crippen LogP contribution < -0.4 is 21.1 Å². The Balaban J connectivity index is 1.72. The second-order valence-corrected chi connectivity index (χ2v) is 8.96. The Bertz CT molecular complexity index is 968. The molecule has 4 rings (SSSR count). The minimum absolute atomic E-state index is 0.117. The van der Waals surface area contributed by atoms with E-state index in [9.17, 15) is 9.90 Å². The quantitative estimate of drug-likeness (QED) is 0.527. The van der Waals surface area contributed by atoms with Gasteiger partial charge in [-0.2, -0.15) is 0 Å². The number of nitrogens with two attached hydrogens (primary N) is 1. The molecule has 5 N–H and O–H groups in total. The number of carbonyl (C=O) groups excluding carboxylic acids is 1. The number of nitrogens with one attached hydrogen (secondary N) is 2. The number of carbonyl (C=O) groups is 1. The van der Waals surface area contributed by atoms with Crippen molar-refractivity contribution in [2.45, 2.75) is 38.1 Å². The first-order chi connectivity index (χ1) is 15.4. The van der Waals surface area contributed by atoms with Crippen molar-refractivity contribution in [3.8, 4) is 22.8 Å². The van der Waals surface area contributed by atoms with E-state index in [1.54, 1.807) is 26.2 Å². The predicted molar refractivity (Wildman–Crippen MR) is 125 cm³/mol. The summed E-state index contributed by atoms with van der Waals surface area (Å²) in [5.74, 6) is 1.94. The number of benzene rings is 1. The average molecular weight is 440 g/mol. The van der Waals surface area contributed by atoms with E-state index in [2.05, 4.69) is 15.6 Å². The minimum Gasteiger partial charge on any atom is -0.507 e. The van der Waals surface area contributed by atoms with Crippen LogP contribution in [0.2, 0.25) is 0 Å². The number of ether oxygens (including phenoxy) is 1. The summed E-state index contributed by atoms with van der Waals surface area (Å²) >= 11 is 0. The largest absolute Gasteiger partial charge is 0.507 e. The molecule has 1 atom stereocenters. The zero-order valence-electron chi connectivity index (χ0n) is 18.9. The van der Waals surface area contributed by atoms with Crippen LogP contribution in [0, 0.1) is 5.92 Å². The fourth-order valence-corrected chi connectivity index (χ4v) is 4.13. The summed E-state index contributed by atoms with van der Waals surface area (Å²) in [6.07, 6.45) is 4.46. The molecule has 0 spiro atoms. The first-order valence-corrected chi connectivity index (χ1v) is 11.3. The van der Waals surface area contributed by atoms with Gasteiger partial charge in [-0.15, -0.1) is 0 Å². The van der Waals surface area contributed by atoms with Crippen molar-refractivity contribution in [1.82, 2.24) is 20.5 Å². The van der Waals surface area contributed by atoms with Crippen LogP contribution in [0.1, 0.15) is 42.7 Å². The monoisotopic (exact) mass is 439 g/mol. The van der Waals surface area contributed by atoms with Crippen molar-refractivity contribution in [3.63, 3.8) is 0 Å². The summed E-state index contributed by atoms with van der Waals surface area (Å²) in [7, 11) is 3.40. The summed E-state index contributed by atoms with van der Waals surface area (Å²) in [5, 5.41) is 17.1. The molecule has 2 aliphatic rings. The smallest absolute Gasteiger partial charge is 0.317 e. The van der Waals surface area contributed by atoms with E-state index in [4.69, 9.17) is 10.5 Å². The van der Waals surface area contributed by atoms with Crippen LogP contribution in [-0.4, -0.2) is 54.8 Å². The van der Waals surface area contributed by atoms with E-state index in [1.807, 2.05) is 12.1 Å². The number of piperidine rings is 1. The third kappa shape index (κ3) is 5.07. The van der Waals surface area contributed by atoms with Crippen LogP contribution in [0.25, 0.3) is 11.3 Å². The van der Waals surface area contributed by atoms with E-state index in [-0.39, 0.29) is 17.7 Å². The standard InChI is InChI=1S/C24H33N5O3/c1-29(2)24(31)27-13-18-17(16-5-4-10-26-12-16)11-19(28-23(18)25)22-20(30)6-3-7-21(22)32-14-15-8-9-15/h3,6-7,11,15-16,26,30H,4-5,8-10,12-14H2,1-2H3,(H2,25,28)(H,27,31). The molecule has 8 nitrogen and oxygen atoms in total. The minimum atomic E-state index is -0.183. The molecule has 1 saturated heterocycles. The lowest BCUT2D eigenvalue weighted by Gasteiger charge is -2.27. The fourth-order valence-electron chi connectivity index (χ4n) is 4.13. The molecule has 0 bridgehead atoms. The van der Waals surface area contributed by atoms with Crippen LogP contribution in [0.5, 0.6) is 11.5 Å². The first kappa shape index (κ1) is 22.2. The van der Waals surface area contributed by atoms with Gasteiger partial charge in [-0.1, -0.05) is 6.07 Å². The van der Waals surface area contributed by atoms with Gasteiger partial charge in [0, 0.05) is 32.7 Å². The number of hydrogen-bond donors (Lipinski definition) is 4. The second kappa shape index (κ2) is 9.65. The number of nitrogens with zero attached hydrogens (tertiary/aromatic N) is 2. The summed E-state index contributed by atoms with van der Waals surface area (Å²) in [5.41, 5.74) is 9.48. The Hall–Kier alpha value is -3.00. The van der Waals surface area contributed by atoms with Gasteiger partial charge in [0.05, 0.1) is 17.9 Å². The van der Waals surface area contributed by atoms with Gasteiger partial charge >= 0.3 is 6.03 Å². The molecule has 2 heterocycles. The number of aromatic nitrogens is 1. The van der Waals surface area contributed by atoms with Crippen LogP contribution >= 0.6 is 0 Å². The number of amides is 2. The highest BCUT2D eigenvalue weighted by atomic mass is 16.5. The molecule has 2 amide bonds. The number of aromatic hydroxyl groups is 1. The van der Waals surface area contributed by atoms with E-state index in [1.165, 1.54) is 17.7 Å². The Morgan fingerprint density at radius 2 is 2.16 bits per heavy atom. The molecule has 1 unspecified atom stereocenters. The lowest BCUT2D eigenvalue weighted by molar-refractivity contribution is 0.217. The van der Waals surface area contributed by atoms with Crippen molar-refractivity contribution in [2.24, 2.45) is 5.92 Å². The Morgan fingerprint density at radius 1 is 1.34 bits per heavy atom. The number of rotatable bonds is 7. The lowest BCUT2D eigenvalue weighted by Crippen LogP contribution is -2.35.